The number of aryl methyl sites for hydroxylation is 2. The van der Waals surface area contributed by atoms with E-state index >= 15 is 0 Å². The minimum atomic E-state index is -0.261. The highest BCUT2D eigenvalue weighted by atomic mass is 32.1. The van der Waals surface area contributed by atoms with E-state index in [4.69, 9.17) is 9.72 Å². The highest BCUT2D eigenvalue weighted by molar-refractivity contribution is 7.17. The van der Waals surface area contributed by atoms with E-state index in [-0.39, 0.29) is 11.4 Å². The van der Waals surface area contributed by atoms with Crippen molar-refractivity contribution in [2.24, 2.45) is 0 Å². The molecule has 2 heterocycles. The third kappa shape index (κ3) is 4.36. The van der Waals surface area contributed by atoms with Crippen LogP contribution in [0.4, 0.5) is 10.1 Å². The van der Waals surface area contributed by atoms with E-state index in [9.17, 15) is 9.18 Å². The second-order valence-corrected chi connectivity index (χ2v) is 7.58. The number of aromatic nitrogens is 2. The molecule has 3 rings (SSSR count). The predicted molar refractivity (Wildman–Crippen MR) is 107 cm³/mol. The van der Waals surface area contributed by atoms with Gasteiger partial charge in [0.05, 0.1) is 12.2 Å². The van der Waals surface area contributed by atoms with Crippen molar-refractivity contribution in [3.63, 3.8) is 0 Å². The van der Waals surface area contributed by atoms with E-state index in [1.807, 2.05) is 13.8 Å². The Morgan fingerprint density at radius 1 is 1.30 bits per heavy atom. The molecule has 0 aliphatic heterocycles. The lowest BCUT2D eigenvalue weighted by Crippen LogP contribution is -2.25. The summed E-state index contributed by atoms with van der Waals surface area (Å²) in [6.07, 6.45) is 1.66. The van der Waals surface area contributed by atoms with E-state index in [1.54, 1.807) is 41.0 Å². The molecule has 0 radical (unpaired) electrons. The number of anilines is 1. The Balaban J connectivity index is 1.89. The lowest BCUT2D eigenvalue weighted by molar-refractivity contribution is 0.195. The molecule has 5 nitrogen and oxygen atoms in total. The van der Waals surface area contributed by atoms with Crippen LogP contribution in [0.2, 0.25) is 0 Å². The van der Waals surface area contributed by atoms with Crippen molar-refractivity contribution >= 4 is 22.0 Å². The molecule has 0 N–H and O–H groups in total. The van der Waals surface area contributed by atoms with Gasteiger partial charge >= 0.3 is 0 Å². The van der Waals surface area contributed by atoms with Gasteiger partial charge in [0.25, 0.3) is 5.56 Å². The normalized spacial score (nSPS) is 11.3. The van der Waals surface area contributed by atoms with Crippen LogP contribution in [0, 0.1) is 12.7 Å². The standard InChI is InChI=1S/C20H24FN3O2S/c1-4-23(17-9-7-15(21)8-10-17)13-16-12-19(25)24-18(6-5-11-26-3)14(2)27-20(24)22-16/h7-10,12H,4-6,11,13H2,1-3H3. The monoisotopic (exact) mass is 389 g/mol. The second-order valence-electron chi connectivity index (χ2n) is 6.40. The fourth-order valence-corrected chi connectivity index (χ4v) is 4.20. The number of hydrogen-bond donors (Lipinski definition) is 0. The van der Waals surface area contributed by atoms with Gasteiger partial charge < -0.3 is 9.64 Å². The molecular weight excluding hydrogens is 365 g/mol. The van der Waals surface area contributed by atoms with Gasteiger partial charge in [0.2, 0.25) is 0 Å². The molecule has 2 aromatic heterocycles. The fourth-order valence-electron chi connectivity index (χ4n) is 3.16. The van der Waals surface area contributed by atoms with Crippen LogP contribution in [0.3, 0.4) is 0 Å². The Morgan fingerprint density at radius 2 is 2.04 bits per heavy atom. The summed E-state index contributed by atoms with van der Waals surface area (Å²) in [6.45, 7) is 5.96. The summed E-state index contributed by atoms with van der Waals surface area (Å²) in [6, 6.07) is 7.98. The van der Waals surface area contributed by atoms with Crippen LogP contribution >= 0.6 is 11.3 Å². The first-order valence-corrected chi connectivity index (χ1v) is 9.85. The number of thiazole rings is 1. The van der Waals surface area contributed by atoms with Crippen molar-refractivity contribution in [3.05, 3.63) is 62.8 Å². The first-order chi connectivity index (χ1) is 13.0. The zero-order valence-corrected chi connectivity index (χ0v) is 16.7. The number of ether oxygens (including phenoxy) is 1. The first kappa shape index (κ1) is 19.5. The molecule has 0 spiro atoms. The van der Waals surface area contributed by atoms with Gasteiger partial charge in [-0.2, -0.15) is 0 Å². The van der Waals surface area contributed by atoms with E-state index < -0.39 is 0 Å². The van der Waals surface area contributed by atoms with Crippen LogP contribution in [0.1, 0.15) is 29.6 Å². The molecule has 0 bridgehead atoms. The average molecular weight is 389 g/mol. The van der Waals surface area contributed by atoms with Crippen molar-refractivity contribution in [3.8, 4) is 0 Å². The minimum Gasteiger partial charge on any atom is -0.385 e. The average Bonchev–Trinajstić information content (AvgIpc) is 2.96. The Labute approximate surface area is 162 Å². The lowest BCUT2D eigenvalue weighted by Gasteiger charge is -2.22. The molecule has 0 unspecified atom stereocenters. The quantitative estimate of drug-likeness (QED) is 0.550. The van der Waals surface area contributed by atoms with Crippen LogP contribution in [0.5, 0.6) is 0 Å². The van der Waals surface area contributed by atoms with Gasteiger partial charge in [0, 0.05) is 42.6 Å². The van der Waals surface area contributed by atoms with E-state index in [1.165, 1.54) is 12.1 Å². The van der Waals surface area contributed by atoms with Crippen molar-refractivity contribution in [1.29, 1.82) is 0 Å². The van der Waals surface area contributed by atoms with Crippen LogP contribution in [0.25, 0.3) is 4.96 Å². The Kier molecular flexibility index (Phi) is 6.23. The molecule has 0 saturated heterocycles. The maximum atomic E-state index is 13.2. The summed E-state index contributed by atoms with van der Waals surface area (Å²) in [5, 5.41) is 0. The maximum absolute atomic E-state index is 13.2. The highest BCUT2D eigenvalue weighted by Gasteiger charge is 2.14. The van der Waals surface area contributed by atoms with Crippen molar-refractivity contribution < 1.29 is 9.13 Å². The van der Waals surface area contributed by atoms with Gasteiger partial charge in [-0.05, 0) is 51.0 Å². The SMILES string of the molecule is CCN(Cc1cc(=O)n2c(CCCOC)c(C)sc2n1)c1ccc(F)cc1. The zero-order chi connectivity index (χ0) is 19.4. The summed E-state index contributed by atoms with van der Waals surface area (Å²) >= 11 is 1.54. The maximum Gasteiger partial charge on any atom is 0.259 e. The number of rotatable bonds is 8. The molecule has 0 amide bonds. The Bertz CT molecular complexity index is 966. The van der Waals surface area contributed by atoms with E-state index in [0.29, 0.717) is 13.2 Å². The molecule has 3 aromatic rings. The number of halogens is 1. The largest absolute Gasteiger partial charge is 0.385 e. The molecule has 1 aromatic carbocycles. The summed E-state index contributed by atoms with van der Waals surface area (Å²) in [4.78, 5) is 21.4. The smallest absolute Gasteiger partial charge is 0.259 e. The number of fused-ring (bicyclic) bond motifs is 1. The molecule has 0 aliphatic rings. The molecule has 0 aliphatic carbocycles. The number of benzene rings is 1. The topological polar surface area (TPSA) is 46.8 Å². The third-order valence-electron chi connectivity index (χ3n) is 4.55. The van der Waals surface area contributed by atoms with Crippen LogP contribution in [0.15, 0.2) is 35.1 Å². The van der Waals surface area contributed by atoms with E-state index in [2.05, 4.69) is 4.90 Å². The number of methoxy groups -OCH3 is 1. The number of nitrogens with zero attached hydrogens (tertiary/aromatic N) is 3. The second kappa shape index (κ2) is 8.63. The third-order valence-corrected chi connectivity index (χ3v) is 5.55. The van der Waals surface area contributed by atoms with Gasteiger partial charge in [0.15, 0.2) is 4.96 Å². The zero-order valence-electron chi connectivity index (χ0n) is 15.9. The van der Waals surface area contributed by atoms with Crippen molar-refractivity contribution in [1.82, 2.24) is 9.38 Å². The molecule has 0 saturated carbocycles. The van der Waals surface area contributed by atoms with Gasteiger partial charge in [-0.3, -0.25) is 9.20 Å². The van der Waals surface area contributed by atoms with Gasteiger partial charge in [-0.1, -0.05) is 0 Å². The summed E-state index contributed by atoms with van der Waals surface area (Å²) in [5.74, 6) is -0.261. The molecule has 0 fully saturated rings. The van der Waals surface area contributed by atoms with Gasteiger partial charge in [-0.15, -0.1) is 11.3 Å². The highest BCUT2D eigenvalue weighted by Crippen LogP contribution is 2.22. The predicted octanol–water partition coefficient (Wildman–Crippen LogP) is 3.81. The molecule has 144 valence electrons. The molecule has 7 heteroatoms. The fraction of sp³-hybridized carbons (Fsp3) is 0.400. The molecule has 0 atom stereocenters. The lowest BCUT2D eigenvalue weighted by atomic mass is 10.2. The first-order valence-electron chi connectivity index (χ1n) is 9.04. The summed E-state index contributed by atoms with van der Waals surface area (Å²) < 4.78 is 20.0. The Hall–Kier alpha value is -2.25. The molecule has 27 heavy (non-hydrogen) atoms. The van der Waals surface area contributed by atoms with Crippen LogP contribution < -0.4 is 10.5 Å². The van der Waals surface area contributed by atoms with Crippen molar-refractivity contribution in [2.45, 2.75) is 33.2 Å². The van der Waals surface area contributed by atoms with Gasteiger partial charge in [0.1, 0.15) is 5.82 Å². The Morgan fingerprint density at radius 3 is 2.70 bits per heavy atom. The minimum absolute atomic E-state index is 0.0538. The molecular formula is C20H24FN3O2S. The van der Waals surface area contributed by atoms with Crippen LogP contribution in [-0.2, 0) is 17.7 Å². The van der Waals surface area contributed by atoms with Crippen molar-refractivity contribution in [2.75, 3.05) is 25.2 Å². The summed E-state index contributed by atoms with van der Waals surface area (Å²) in [5.41, 5.74) is 2.59. The van der Waals surface area contributed by atoms with Gasteiger partial charge in [-0.25, -0.2) is 9.37 Å². The van der Waals surface area contributed by atoms with Crippen LogP contribution in [-0.4, -0.2) is 29.6 Å². The number of hydrogen-bond acceptors (Lipinski definition) is 5. The van der Waals surface area contributed by atoms with E-state index in [0.717, 1.165) is 46.3 Å². The summed E-state index contributed by atoms with van der Waals surface area (Å²) in [7, 11) is 1.68.